The lowest BCUT2D eigenvalue weighted by Gasteiger charge is -2.33. The van der Waals surface area contributed by atoms with E-state index in [4.69, 9.17) is 4.74 Å². The molecule has 0 amide bonds. The van der Waals surface area contributed by atoms with Crippen molar-refractivity contribution in [2.45, 2.75) is 52.9 Å². The Morgan fingerprint density at radius 1 is 1.00 bits per heavy atom. The minimum Gasteiger partial charge on any atom is -0.493 e. The topological polar surface area (TPSA) is 15.7 Å². The molecule has 0 aromatic heterocycles. The summed E-state index contributed by atoms with van der Waals surface area (Å²) < 4.78 is 6.00. The molecule has 3 heteroatoms. The molecule has 1 fully saturated rings. The number of hydrogen-bond acceptors (Lipinski definition) is 3. The summed E-state index contributed by atoms with van der Waals surface area (Å²) in [4.78, 5) is 5.12. The highest BCUT2D eigenvalue weighted by molar-refractivity contribution is 5.38. The molecule has 0 radical (unpaired) electrons. The maximum absolute atomic E-state index is 6.00. The number of unbranched alkanes of at least 4 members (excludes halogenated alkanes) is 1. The zero-order chi connectivity index (χ0) is 17.6. The molecule has 136 valence electrons. The molecular weight excluding hydrogens is 296 g/mol. The molecule has 1 aliphatic heterocycles. The molecule has 1 heterocycles. The van der Waals surface area contributed by atoms with Crippen LogP contribution in [0.5, 0.6) is 5.75 Å². The van der Waals surface area contributed by atoms with Crippen molar-refractivity contribution in [2.24, 2.45) is 0 Å². The molecule has 0 aliphatic carbocycles. The molecule has 0 atom stereocenters. The maximum atomic E-state index is 6.00. The van der Waals surface area contributed by atoms with Crippen LogP contribution in [0.3, 0.4) is 0 Å². The number of aryl methyl sites for hydroxylation is 1. The van der Waals surface area contributed by atoms with E-state index < -0.39 is 0 Å². The SMILES string of the molecule is CCN1CCN(CCCCOc2ccc(C(C)(C)C)cc2C)CC1. The maximum Gasteiger partial charge on any atom is 0.122 e. The fourth-order valence-corrected chi connectivity index (χ4v) is 3.23. The molecular formula is C21H36N2O. The molecule has 0 N–H and O–H groups in total. The zero-order valence-corrected chi connectivity index (χ0v) is 16.4. The molecule has 0 unspecified atom stereocenters. The van der Waals surface area contributed by atoms with E-state index in [1.54, 1.807) is 0 Å². The summed E-state index contributed by atoms with van der Waals surface area (Å²) in [5, 5.41) is 0. The highest BCUT2D eigenvalue weighted by atomic mass is 16.5. The first-order chi connectivity index (χ1) is 11.4. The first kappa shape index (κ1) is 19.3. The van der Waals surface area contributed by atoms with Crippen LogP contribution < -0.4 is 4.74 Å². The molecule has 0 spiro atoms. The Hall–Kier alpha value is -1.06. The van der Waals surface area contributed by atoms with Crippen molar-refractivity contribution < 1.29 is 4.74 Å². The van der Waals surface area contributed by atoms with Gasteiger partial charge in [-0.05, 0) is 55.5 Å². The van der Waals surface area contributed by atoms with E-state index in [-0.39, 0.29) is 5.41 Å². The second-order valence-corrected chi connectivity index (χ2v) is 8.06. The minimum absolute atomic E-state index is 0.199. The monoisotopic (exact) mass is 332 g/mol. The van der Waals surface area contributed by atoms with E-state index in [2.05, 4.69) is 62.6 Å². The van der Waals surface area contributed by atoms with Crippen LogP contribution in [0.1, 0.15) is 51.7 Å². The minimum atomic E-state index is 0.199. The first-order valence-corrected chi connectivity index (χ1v) is 9.59. The van der Waals surface area contributed by atoms with Crippen LogP contribution in [0.2, 0.25) is 0 Å². The lowest BCUT2D eigenvalue weighted by atomic mass is 9.86. The van der Waals surface area contributed by atoms with Gasteiger partial charge in [0.15, 0.2) is 0 Å². The third kappa shape index (κ3) is 5.78. The van der Waals surface area contributed by atoms with Crippen LogP contribution in [-0.2, 0) is 5.41 Å². The quantitative estimate of drug-likeness (QED) is 0.700. The van der Waals surface area contributed by atoms with Crippen molar-refractivity contribution in [3.8, 4) is 5.75 Å². The highest BCUT2D eigenvalue weighted by Gasteiger charge is 2.15. The van der Waals surface area contributed by atoms with E-state index in [0.29, 0.717) is 0 Å². The summed E-state index contributed by atoms with van der Waals surface area (Å²) in [7, 11) is 0. The third-order valence-corrected chi connectivity index (χ3v) is 5.08. The van der Waals surface area contributed by atoms with Gasteiger partial charge in [0.25, 0.3) is 0 Å². The van der Waals surface area contributed by atoms with Crippen molar-refractivity contribution in [1.29, 1.82) is 0 Å². The molecule has 0 bridgehead atoms. The lowest BCUT2D eigenvalue weighted by molar-refractivity contribution is 0.134. The van der Waals surface area contributed by atoms with E-state index in [9.17, 15) is 0 Å². The Kier molecular flexibility index (Phi) is 7.12. The smallest absolute Gasteiger partial charge is 0.122 e. The summed E-state index contributed by atoms with van der Waals surface area (Å²) >= 11 is 0. The van der Waals surface area contributed by atoms with Gasteiger partial charge in [-0.1, -0.05) is 39.8 Å². The molecule has 24 heavy (non-hydrogen) atoms. The van der Waals surface area contributed by atoms with Crippen LogP contribution >= 0.6 is 0 Å². The Morgan fingerprint density at radius 2 is 1.67 bits per heavy atom. The van der Waals surface area contributed by atoms with Crippen LogP contribution in [0.15, 0.2) is 18.2 Å². The van der Waals surface area contributed by atoms with E-state index in [1.807, 2.05) is 0 Å². The van der Waals surface area contributed by atoms with Gasteiger partial charge >= 0.3 is 0 Å². The Morgan fingerprint density at radius 3 is 2.25 bits per heavy atom. The highest BCUT2D eigenvalue weighted by Crippen LogP contribution is 2.27. The van der Waals surface area contributed by atoms with Gasteiger partial charge in [-0.25, -0.2) is 0 Å². The van der Waals surface area contributed by atoms with Gasteiger partial charge < -0.3 is 14.5 Å². The second kappa shape index (κ2) is 8.87. The number of nitrogens with zero attached hydrogens (tertiary/aromatic N) is 2. The number of piperazine rings is 1. The van der Waals surface area contributed by atoms with Crippen LogP contribution in [-0.4, -0.2) is 55.7 Å². The fraction of sp³-hybridized carbons (Fsp3) is 0.714. The summed E-state index contributed by atoms with van der Waals surface area (Å²) in [6.07, 6.45) is 2.36. The summed E-state index contributed by atoms with van der Waals surface area (Å²) in [5.74, 6) is 1.04. The van der Waals surface area contributed by atoms with E-state index in [0.717, 1.165) is 18.8 Å². The van der Waals surface area contributed by atoms with Crippen LogP contribution in [0.4, 0.5) is 0 Å². The average molecular weight is 333 g/mol. The molecule has 1 aromatic rings. The number of rotatable bonds is 7. The van der Waals surface area contributed by atoms with Gasteiger partial charge in [-0.3, -0.25) is 0 Å². The van der Waals surface area contributed by atoms with Crippen molar-refractivity contribution in [1.82, 2.24) is 9.80 Å². The fourth-order valence-electron chi connectivity index (χ4n) is 3.23. The van der Waals surface area contributed by atoms with Crippen LogP contribution in [0, 0.1) is 6.92 Å². The Bertz CT molecular complexity index is 499. The Labute approximate surface area is 149 Å². The lowest BCUT2D eigenvalue weighted by Crippen LogP contribution is -2.46. The number of ether oxygens (including phenoxy) is 1. The predicted octanol–water partition coefficient (Wildman–Crippen LogP) is 4.09. The summed E-state index contributed by atoms with van der Waals surface area (Å²) in [5.41, 5.74) is 2.82. The van der Waals surface area contributed by atoms with Crippen molar-refractivity contribution in [2.75, 3.05) is 45.9 Å². The van der Waals surface area contributed by atoms with Crippen molar-refractivity contribution >= 4 is 0 Å². The molecule has 1 aliphatic rings. The van der Waals surface area contributed by atoms with Crippen molar-refractivity contribution in [3.63, 3.8) is 0 Å². The predicted molar refractivity (Wildman–Crippen MR) is 103 cm³/mol. The number of likely N-dealkylation sites (N-methyl/N-ethyl adjacent to an activating group) is 1. The molecule has 2 rings (SSSR count). The number of benzene rings is 1. The standard InChI is InChI=1S/C21H36N2O/c1-6-22-12-14-23(15-13-22)11-7-8-16-24-20-10-9-19(17-18(20)2)21(3,4)5/h9-10,17H,6-8,11-16H2,1-5H3. The molecule has 1 saturated heterocycles. The largest absolute Gasteiger partial charge is 0.493 e. The average Bonchev–Trinajstić information content (AvgIpc) is 2.55. The van der Waals surface area contributed by atoms with Gasteiger partial charge in [0.2, 0.25) is 0 Å². The number of hydrogen-bond donors (Lipinski definition) is 0. The normalized spacial score (nSPS) is 17.2. The first-order valence-electron chi connectivity index (χ1n) is 9.59. The van der Waals surface area contributed by atoms with Gasteiger partial charge in [0.05, 0.1) is 6.61 Å². The van der Waals surface area contributed by atoms with E-state index >= 15 is 0 Å². The van der Waals surface area contributed by atoms with Crippen molar-refractivity contribution in [3.05, 3.63) is 29.3 Å². The molecule has 0 saturated carbocycles. The summed E-state index contributed by atoms with van der Waals surface area (Å²) in [6.45, 7) is 19.3. The zero-order valence-electron chi connectivity index (χ0n) is 16.4. The molecule has 1 aromatic carbocycles. The summed E-state index contributed by atoms with van der Waals surface area (Å²) in [6, 6.07) is 6.61. The van der Waals surface area contributed by atoms with E-state index in [1.165, 1.54) is 56.8 Å². The Balaban J connectivity index is 1.66. The van der Waals surface area contributed by atoms with Gasteiger partial charge in [-0.2, -0.15) is 0 Å². The third-order valence-electron chi connectivity index (χ3n) is 5.08. The van der Waals surface area contributed by atoms with Gasteiger partial charge in [0, 0.05) is 26.2 Å². The molecule has 3 nitrogen and oxygen atoms in total. The van der Waals surface area contributed by atoms with Crippen LogP contribution in [0.25, 0.3) is 0 Å². The van der Waals surface area contributed by atoms with Gasteiger partial charge in [-0.15, -0.1) is 0 Å². The van der Waals surface area contributed by atoms with Gasteiger partial charge in [0.1, 0.15) is 5.75 Å². The second-order valence-electron chi connectivity index (χ2n) is 8.06.